The number of nitrogens with zero attached hydrogens (tertiary/aromatic N) is 1. The Morgan fingerprint density at radius 3 is 2.80 bits per heavy atom. The van der Waals surface area contributed by atoms with Crippen LogP contribution >= 0.6 is 0 Å². The number of benzene rings is 1. The van der Waals surface area contributed by atoms with Gasteiger partial charge in [0.05, 0.1) is 17.5 Å². The molecule has 1 atom stereocenters. The van der Waals surface area contributed by atoms with E-state index in [-0.39, 0.29) is 11.8 Å². The van der Waals surface area contributed by atoms with E-state index in [1.54, 1.807) is 4.31 Å². The van der Waals surface area contributed by atoms with Gasteiger partial charge >= 0.3 is 0 Å². The molecule has 0 saturated heterocycles. The molecule has 1 aliphatic heterocycles. The number of para-hydroxylation sites is 1. The molecule has 2 rings (SSSR count). The smallest absolute Gasteiger partial charge is 0.235 e. The number of sulfonamides is 1. The minimum absolute atomic E-state index is 0.111. The fraction of sp³-hybridized carbons (Fsp3) is 0.600. The molecule has 0 aliphatic carbocycles. The molecule has 4 nitrogen and oxygen atoms in total. The van der Waals surface area contributed by atoms with Crippen molar-refractivity contribution in [3.05, 3.63) is 29.8 Å². The maximum Gasteiger partial charge on any atom is 0.235 e. The summed E-state index contributed by atoms with van der Waals surface area (Å²) in [5.74, 6) is 0.203. The first-order chi connectivity index (χ1) is 9.60. The van der Waals surface area contributed by atoms with Gasteiger partial charge in [-0.25, -0.2) is 8.42 Å². The summed E-state index contributed by atoms with van der Waals surface area (Å²) in [5, 5.41) is 0. The van der Waals surface area contributed by atoms with Crippen LogP contribution in [-0.4, -0.2) is 26.8 Å². The molecule has 1 aliphatic rings. The minimum Gasteiger partial charge on any atom is -0.328 e. The highest BCUT2D eigenvalue weighted by atomic mass is 32.2. The van der Waals surface area contributed by atoms with Crippen LogP contribution in [-0.2, 0) is 16.4 Å². The Balaban J connectivity index is 2.44. The molecule has 1 unspecified atom stereocenters. The van der Waals surface area contributed by atoms with E-state index in [0.717, 1.165) is 36.9 Å². The van der Waals surface area contributed by atoms with Gasteiger partial charge in [-0.2, -0.15) is 0 Å². The maximum absolute atomic E-state index is 12.7. The van der Waals surface area contributed by atoms with Gasteiger partial charge in [0.1, 0.15) is 0 Å². The number of fused-ring (bicyclic) bond motifs is 1. The number of unbranched alkanes of at least 4 members (excludes halogenated alkanes) is 1. The van der Waals surface area contributed by atoms with Gasteiger partial charge in [0.15, 0.2) is 0 Å². The largest absolute Gasteiger partial charge is 0.328 e. The Morgan fingerprint density at radius 2 is 2.10 bits per heavy atom. The van der Waals surface area contributed by atoms with Crippen LogP contribution in [0.2, 0.25) is 0 Å². The van der Waals surface area contributed by atoms with Crippen molar-refractivity contribution < 1.29 is 8.42 Å². The van der Waals surface area contributed by atoms with Crippen molar-refractivity contribution in [2.45, 2.75) is 45.1 Å². The van der Waals surface area contributed by atoms with Crippen LogP contribution in [0.5, 0.6) is 0 Å². The van der Waals surface area contributed by atoms with E-state index in [9.17, 15) is 8.42 Å². The third kappa shape index (κ3) is 3.15. The normalized spacial score (nSPS) is 19.5. The number of rotatable bonds is 5. The molecular formula is C15H24N2O2S. The van der Waals surface area contributed by atoms with Crippen molar-refractivity contribution in [3.63, 3.8) is 0 Å². The molecule has 1 aromatic carbocycles. The average molecular weight is 296 g/mol. The Kier molecular flexibility index (Phi) is 5.05. The van der Waals surface area contributed by atoms with Gasteiger partial charge in [0.2, 0.25) is 10.0 Å². The average Bonchev–Trinajstić information content (AvgIpc) is 2.64. The second-order valence-corrected chi connectivity index (χ2v) is 7.34. The lowest BCUT2D eigenvalue weighted by Gasteiger charge is -2.31. The molecule has 0 saturated carbocycles. The predicted molar refractivity (Wildman–Crippen MR) is 83.4 cm³/mol. The highest BCUT2D eigenvalue weighted by Crippen LogP contribution is 2.32. The lowest BCUT2D eigenvalue weighted by Crippen LogP contribution is -2.45. The second kappa shape index (κ2) is 6.59. The fourth-order valence-corrected chi connectivity index (χ4v) is 4.77. The monoisotopic (exact) mass is 296 g/mol. The van der Waals surface area contributed by atoms with Gasteiger partial charge < -0.3 is 5.73 Å². The molecule has 0 amide bonds. The zero-order valence-corrected chi connectivity index (χ0v) is 12.9. The summed E-state index contributed by atoms with van der Waals surface area (Å²) in [6.07, 6.45) is 4.31. The maximum atomic E-state index is 12.7. The fourth-order valence-electron chi connectivity index (χ4n) is 2.79. The van der Waals surface area contributed by atoms with Crippen LogP contribution in [0.4, 0.5) is 5.69 Å². The lowest BCUT2D eigenvalue weighted by atomic mass is 10.1. The SMILES string of the molecule is CCCCS(=O)(=O)N1c2ccccc2CCCC1CN. The number of anilines is 1. The van der Waals surface area contributed by atoms with Gasteiger partial charge in [-0.15, -0.1) is 0 Å². The third-order valence-corrected chi connectivity index (χ3v) is 5.77. The van der Waals surface area contributed by atoms with Crippen molar-refractivity contribution in [1.29, 1.82) is 0 Å². The Bertz CT molecular complexity index is 543. The van der Waals surface area contributed by atoms with Crippen LogP contribution in [0.3, 0.4) is 0 Å². The molecule has 2 N–H and O–H groups in total. The molecule has 1 aromatic rings. The summed E-state index contributed by atoms with van der Waals surface area (Å²) in [6, 6.07) is 7.70. The quantitative estimate of drug-likeness (QED) is 0.906. The number of aryl methyl sites for hydroxylation is 1. The van der Waals surface area contributed by atoms with E-state index in [1.165, 1.54) is 0 Å². The summed E-state index contributed by atoms with van der Waals surface area (Å²) < 4.78 is 27.0. The lowest BCUT2D eigenvalue weighted by molar-refractivity contribution is 0.556. The van der Waals surface area contributed by atoms with E-state index in [2.05, 4.69) is 0 Å². The van der Waals surface area contributed by atoms with Crippen LogP contribution in [0.1, 0.15) is 38.2 Å². The zero-order valence-electron chi connectivity index (χ0n) is 12.1. The topological polar surface area (TPSA) is 63.4 Å². The molecule has 0 aromatic heterocycles. The van der Waals surface area contributed by atoms with E-state index in [4.69, 9.17) is 5.73 Å². The Hall–Kier alpha value is -1.07. The first-order valence-corrected chi connectivity index (χ1v) is 9.01. The molecule has 112 valence electrons. The Labute approximate surface area is 122 Å². The molecule has 5 heteroatoms. The highest BCUT2D eigenvalue weighted by Gasteiger charge is 2.32. The van der Waals surface area contributed by atoms with Gasteiger partial charge in [0.25, 0.3) is 0 Å². The molecule has 0 fully saturated rings. The molecule has 1 heterocycles. The van der Waals surface area contributed by atoms with Crippen molar-refractivity contribution >= 4 is 15.7 Å². The first-order valence-electron chi connectivity index (χ1n) is 7.40. The van der Waals surface area contributed by atoms with Crippen LogP contribution in [0.25, 0.3) is 0 Å². The Morgan fingerprint density at radius 1 is 1.35 bits per heavy atom. The van der Waals surface area contributed by atoms with Crippen LogP contribution < -0.4 is 10.0 Å². The van der Waals surface area contributed by atoms with Gasteiger partial charge in [0, 0.05) is 6.54 Å². The summed E-state index contributed by atoms with van der Waals surface area (Å²) in [5.41, 5.74) is 7.78. The summed E-state index contributed by atoms with van der Waals surface area (Å²) in [6.45, 7) is 2.38. The number of hydrogen-bond acceptors (Lipinski definition) is 3. The molecule has 0 spiro atoms. The standard InChI is InChI=1S/C15H24N2O2S/c1-2-3-11-20(18,19)17-14(12-16)9-6-8-13-7-4-5-10-15(13)17/h4-5,7,10,14H,2-3,6,8-9,11-12,16H2,1H3. The summed E-state index contributed by atoms with van der Waals surface area (Å²) in [4.78, 5) is 0. The van der Waals surface area contributed by atoms with Crippen molar-refractivity contribution in [1.82, 2.24) is 0 Å². The van der Waals surface area contributed by atoms with Crippen molar-refractivity contribution in [3.8, 4) is 0 Å². The zero-order chi connectivity index (χ0) is 14.6. The highest BCUT2D eigenvalue weighted by molar-refractivity contribution is 7.92. The van der Waals surface area contributed by atoms with Gasteiger partial charge in [-0.1, -0.05) is 31.5 Å². The summed E-state index contributed by atoms with van der Waals surface area (Å²) in [7, 11) is -3.29. The van der Waals surface area contributed by atoms with E-state index in [1.807, 2.05) is 31.2 Å². The number of nitrogens with two attached hydrogens (primary N) is 1. The van der Waals surface area contributed by atoms with Gasteiger partial charge in [-0.05, 0) is 37.3 Å². The molecular weight excluding hydrogens is 272 g/mol. The molecule has 0 radical (unpaired) electrons. The number of hydrogen-bond donors (Lipinski definition) is 1. The third-order valence-electron chi connectivity index (χ3n) is 3.87. The molecule has 0 bridgehead atoms. The summed E-state index contributed by atoms with van der Waals surface area (Å²) >= 11 is 0. The van der Waals surface area contributed by atoms with Crippen molar-refractivity contribution in [2.24, 2.45) is 5.73 Å². The van der Waals surface area contributed by atoms with E-state index >= 15 is 0 Å². The van der Waals surface area contributed by atoms with E-state index in [0.29, 0.717) is 13.0 Å². The predicted octanol–water partition coefficient (Wildman–Crippen LogP) is 2.29. The van der Waals surface area contributed by atoms with Gasteiger partial charge in [-0.3, -0.25) is 4.31 Å². The first kappa shape index (κ1) is 15.3. The van der Waals surface area contributed by atoms with Crippen LogP contribution in [0, 0.1) is 0 Å². The van der Waals surface area contributed by atoms with Crippen molar-refractivity contribution in [2.75, 3.05) is 16.6 Å². The molecule has 20 heavy (non-hydrogen) atoms. The van der Waals surface area contributed by atoms with E-state index < -0.39 is 10.0 Å². The second-order valence-electron chi connectivity index (χ2n) is 5.38. The minimum atomic E-state index is -3.29. The van der Waals surface area contributed by atoms with Crippen LogP contribution in [0.15, 0.2) is 24.3 Å².